The number of aliphatic hydroxyl groups excluding tert-OH is 1. The first-order chi connectivity index (χ1) is 7.54. The molecule has 0 bridgehead atoms. The zero-order chi connectivity index (χ0) is 11.8. The monoisotopic (exact) mass is 220 g/mol. The Kier molecular flexibility index (Phi) is 3.25. The Bertz CT molecular complexity index is 311. The maximum absolute atomic E-state index is 9.30. The molecule has 2 rings (SSSR count). The van der Waals surface area contributed by atoms with Gasteiger partial charge in [0.1, 0.15) is 0 Å². The fourth-order valence-corrected chi connectivity index (χ4v) is 3.46. The van der Waals surface area contributed by atoms with Crippen LogP contribution in [0.15, 0.2) is 23.8 Å². The quantitative estimate of drug-likeness (QED) is 0.668. The Balaban J connectivity index is 2.32. The Hall–Kier alpha value is -0.560. The van der Waals surface area contributed by atoms with Crippen molar-refractivity contribution in [2.45, 2.75) is 46.0 Å². The van der Waals surface area contributed by atoms with Crippen LogP contribution in [0.5, 0.6) is 0 Å². The normalized spacial score (nSPS) is 33.9. The molecule has 90 valence electrons. The third-order valence-electron chi connectivity index (χ3n) is 4.57. The minimum Gasteiger partial charge on any atom is -0.392 e. The minimum absolute atomic E-state index is 0.242. The lowest BCUT2D eigenvalue weighted by atomic mass is 9.65. The molecule has 2 atom stereocenters. The molecule has 1 N–H and O–H groups in total. The summed E-state index contributed by atoms with van der Waals surface area (Å²) in [7, 11) is 0. The van der Waals surface area contributed by atoms with Gasteiger partial charge in [0.05, 0.1) is 6.61 Å². The van der Waals surface area contributed by atoms with Crippen molar-refractivity contribution in [1.82, 2.24) is 0 Å². The lowest BCUT2D eigenvalue weighted by Crippen LogP contribution is -2.31. The van der Waals surface area contributed by atoms with Crippen LogP contribution in [0.25, 0.3) is 0 Å². The van der Waals surface area contributed by atoms with Gasteiger partial charge in [0.25, 0.3) is 0 Å². The maximum atomic E-state index is 9.30. The van der Waals surface area contributed by atoms with E-state index in [2.05, 4.69) is 26.5 Å². The molecule has 0 aromatic carbocycles. The van der Waals surface area contributed by atoms with Crippen molar-refractivity contribution in [3.63, 3.8) is 0 Å². The van der Waals surface area contributed by atoms with Gasteiger partial charge in [-0.2, -0.15) is 0 Å². The summed E-state index contributed by atoms with van der Waals surface area (Å²) < 4.78 is 0. The van der Waals surface area contributed by atoms with Crippen molar-refractivity contribution in [3.8, 4) is 0 Å². The Labute approximate surface area is 99.3 Å². The standard InChI is InChI=1S/C15H24O/c1-11-5-4-8-15(2,3)14-9-12(10-16)6-7-13(11)14/h9,13-14,16H,1,4-8,10H2,2-3H3. The minimum atomic E-state index is 0.242. The van der Waals surface area contributed by atoms with Crippen LogP contribution in [0.4, 0.5) is 0 Å². The predicted molar refractivity (Wildman–Crippen MR) is 68.2 cm³/mol. The van der Waals surface area contributed by atoms with Gasteiger partial charge in [-0.15, -0.1) is 0 Å². The maximum Gasteiger partial charge on any atom is 0.0641 e. The number of aliphatic hydroxyl groups is 1. The summed E-state index contributed by atoms with van der Waals surface area (Å²) in [5, 5.41) is 9.30. The zero-order valence-electron chi connectivity index (χ0n) is 10.6. The molecule has 0 radical (unpaired) electrons. The molecular weight excluding hydrogens is 196 g/mol. The van der Waals surface area contributed by atoms with Gasteiger partial charge in [-0.3, -0.25) is 0 Å². The van der Waals surface area contributed by atoms with Crippen LogP contribution < -0.4 is 0 Å². The van der Waals surface area contributed by atoms with Gasteiger partial charge >= 0.3 is 0 Å². The topological polar surface area (TPSA) is 20.2 Å². The van der Waals surface area contributed by atoms with Crippen molar-refractivity contribution >= 4 is 0 Å². The molecule has 0 heterocycles. The smallest absolute Gasteiger partial charge is 0.0641 e. The summed E-state index contributed by atoms with van der Waals surface area (Å²) >= 11 is 0. The van der Waals surface area contributed by atoms with E-state index in [1.54, 1.807) is 0 Å². The van der Waals surface area contributed by atoms with Crippen LogP contribution in [0.1, 0.15) is 46.0 Å². The lowest BCUT2D eigenvalue weighted by Gasteiger charge is -2.39. The number of allylic oxidation sites excluding steroid dienone is 2. The van der Waals surface area contributed by atoms with Crippen molar-refractivity contribution in [3.05, 3.63) is 23.8 Å². The van der Waals surface area contributed by atoms with E-state index >= 15 is 0 Å². The number of fused-ring (bicyclic) bond motifs is 1. The van der Waals surface area contributed by atoms with Crippen molar-refractivity contribution in [2.75, 3.05) is 6.61 Å². The highest BCUT2D eigenvalue weighted by Gasteiger charge is 2.39. The summed E-state index contributed by atoms with van der Waals surface area (Å²) in [6, 6.07) is 0. The molecule has 0 aromatic heterocycles. The predicted octanol–water partition coefficient (Wildman–Crippen LogP) is 3.70. The van der Waals surface area contributed by atoms with Gasteiger partial charge in [-0.05, 0) is 54.9 Å². The molecule has 16 heavy (non-hydrogen) atoms. The number of hydrogen-bond acceptors (Lipinski definition) is 1. The summed E-state index contributed by atoms with van der Waals surface area (Å²) in [6.45, 7) is 9.28. The highest BCUT2D eigenvalue weighted by molar-refractivity contribution is 5.20. The average molecular weight is 220 g/mol. The van der Waals surface area contributed by atoms with E-state index in [9.17, 15) is 5.11 Å². The first-order valence-corrected chi connectivity index (χ1v) is 6.52. The van der Waals surface area contributed by atoms with Gasteiger partial charge in [-0.1, -0.05) is 32.1 Å². The molecule has 1 fully saturated rings. The average Bonchev–Trinajstić information content (AvgIpc) is 2.37. The fourth-order valence-electron chi connectivity index (χ4n) is 3.46. The molecule has 2 aliphatic carbocycles. The van der Waals surface area contributed by atoms with Gasteiger partial charge < -0.3 is 5.11 Å². The zero-order valence-corrected chi connectivity index (χ0v) is 10.6. The lowest BCUT2D eigenvalue weighted by molar-refractivity contribution is 0.182. The summed E-state index contributed by atoms with van der Waals surface area (Å²) in [5.74, 6) is 1.26. The third kappa shape index (κ3) is 2.10. The Morgan fingerprint density at radius 1 is 1.44 bits per heavy atom. The van der Waals surface area contributed by atoms with E-state index in [-0.39, 0.29) is 6.61 Å². The van der Waals surface area contributed by atoms with Crippen LogP contribution in [0.2, 0.25) is 0 Å². The van der Waals surface area contributed by atoms with E-state index in [1.807, 2.05) is 0 Å². The highest BCUT2D eigenvalue weighted by atomic mass is 16.3. The van der Waals surface area contributed by atoms with Crippen LogP contribution in [-0.4, -0.2) is 11.7 Å². The largest absolute Gasteiger partial charge is 0.392 e. The Morgan fingerprint density at radius 2 is 2.19 bits per heavy atom. The molecule has 2 unspecified atom stereocenters. The SMILES string of the molecule is C=C1CCCC(C)(C)C2C=C(CO)CCC12. The van der Waals surface area contributed by atoms with Crippen LogP contribution in [0.3, 0.4) is 0 Å². The highest BCUT2D eigenvalue weighted by Crippen LogP contribution is 2.49. The van der Waals surface area contributed by atoms with Gasteiger partial charge in [0.15, 0.2) is 0 Å². The molecule has 0 spiro atoms. The fraction of sp³-hybridized carbons (Fsp3) is 0.733. The number of rotatable bonds is 1. The molecule has 1 saturated carbocycles. The third-order valence-corrected chi connectivity index (χ3v) is 4.57. The van der Waals surface area contributed by atoms with Crippen molar-refractivity contribution in [1.29, 1.82) is 0 Å². The second kappa shape index (κ2) is 4.37. The molecular formula is C15H24O. The van der Waals surface area contributed by atoms with E-state index in [0.29, 0.717) is 17.3 Å². The molecule has 0 aromatic rings. The summed E-state index contributed by atoms with van der Waals surface area (Å²) in [6.07, 6.45) is 8.37. The first-order valence-electron chi connectivity index (χ1n) is 6.52. The molecule has 0 amide bonds. The second-order valence-electron chi connectivity index (χ2n) is 6.15. The van der Waals surface area contributed by atoms with Crippen LogP contribution >= 0.6 is 0 Å². The molecule has 1 heteroatoms. The molecule has 1 nitrogen and oxygen atoms in total. The first kappa shape index (κ1) is 11.9. The van der Waals surface area contributed by atoms with Gasteiger partial charge in [0.2, 0.25) is 0 Å². The van der Waals surface area contributed by atoms with Gasteiger partial charge in [0, 0.05) is 0 Å². The van der Waals surface area contributed by atoms with E-state index in [0.717, 1.165) is 6.42 Å². The van der Waals surface area contributed by atoms with Crippen LogP contribution in [-0.2, 0) is 0 Å². The second-order valence-corrected chi connectivity index (χ2v) is 6.15. The van der Waals surface area contributed by atoms with Crippen molar-refractivity contribution < 1.29 is 5.11 Å². The summed E-state index contributed by atoms with van der Waals surface area (Å²) in [5.41, 5.74) is 3.05. The van der Waals surface area contributed by atoms with Crippen LogP contribution in [0, 0.1) is 17.3 Å². The van der Waals surface area contributed by atoms with Gasteiger partial charge in [-0.25, -0.2) is 0 Å². The van der Waals surface area contributed by atoms with Crippen molar-refractivity contribution in [2.24, 2.45) is 17.3 Å². The van der Waals surface area contributed by atoms with E-state index in [4.69, 9.17) is 0 Å². The van der Waals surface area contributed by atoms with E-state index < -0.39 is 0 Å². The van der Waals surface area contributed by atoms with E-state index in [1.165, 1.54) is 36.8 Å². The summed E-state index contributed by atoms with van der Waals surface area (Å²) in [4.78, 5) is 0. The number of hydrogen-bond donors (Lipinski definition) is 1. The molecule has 0 aliphatic heterocycles. The molecule has 0 saturated heterocycles. The molecule has 2 aliphatic rings. The Morgan fingerprint density at radius 3 is 2.88 bits per heavy atom.